The highest BCUT2D eigenvalue weighted by Crippen LogP contribution is 2.34. The molecule has 0 radical (unpaired) electrons. The Morgan fingerprint density at radius 3 is 2.47 bits per heavy atom. The summed E-state index contributed by atoms with van der Waals surface area (Å²) in [5.74, 6) is -0.816. The molecule has 1 unspecified atom stereocenters. The number of hydrogen-bond acceptors (Lipinski definition) is 4. The summed E-state index contributed by atoms with van der Waals surface area (Å²) in [5, 5.41) is 12.9. The molecule has 0 spiro atoms. The summed E-state index contributed by atoms with van der Waals surface area (Å²) in [6.45, 7) is 0. The van der Waals surface area contributed by atoms with Gasteiger partial charge < -0.3 is 9.73 Å². The minimum Gasteiger partial charge on any atom is -0.444 e. The van der Waals surface area contributed by atoms with Crippen LogP contribution in [0, 0.1) is 17.1 Å². The number of amides is 1. The summed E-state index contributed by atoms with van der Waals surface area (Å²) in [5.41, 5.74) is 2.01. The lowest BCUT2D eigenvalue weighted by atomic mass is 9.93. The minimum atomic E-state index is -0.767. The first kappa shape index (κ1) is 21.6. The second kappa shape index (κ2) is 9.23. The molecule has 0 aliphatic heterocycles. The third-order valence-electron chi connectivity index (χ3n) is 4.85. The van der Waals surface area contributed by atoms with Gasteiger partial charge in [0, 0.05) is 21.2 Å². The highest BCUT2D eigenvalue weighted by Gasteiger charge is 2.23. The number of nitrogens with zero attached hydrogens (tertiary/aromatic N) is 2. The zero-order chi connectivity index (χ0) is 22.7. The molecule has 0 aliphatic carbocycles. The molecule has 0 saturated carbocycles. The minimum absolute atomic E-state index is 0.0793. The van der Waals surface area contributed by atoms with E-state index in [9.17, 15) is 9.18 Å². The molecule has 8 heteroatoms. The predicted octanol–water partition coefficient (Wildman–Crippen LogP) is 6.18. The number of benzene rings is 3. The fourth-order valence-electron chi connectivity index (χ4n) is 3.30. The molecule has 4 rings (SSSR count). The van der Waals surface area contributed by atoms with Crippen LogP contribution in [0.15, 0.2) is 77.7 Å². The Labute approximate surface area is 193 Å². The van der Waals surface area contributed by atoms with Gasteiger partial charge in [-0.2, -0.15) is 5.26 Å². The predicted molar refractivity (Wildman–Crippen MR) is 119 cm³/mol. The smallest absolute Gasteiger partial charge is 0.252 e. The lowest BCUT2D eigenvalue weighted by molar-refractivity contribution is 0.0942. The second-order valence-corrected chi connectivity index (χ2v) is 7.73. The summed E-state index contributed by atoms with van der Waals surface area (Å²) >= 11 is 12.3. The van der Waals surface area contributed by atoms with Crippen molar-refractivity contribution in [2.45, 2.75) is 6.04 Å². The molecule has 1 N–H and O–H groups in total. The molecule has 5 nitrogen and oxygen atoms in total. The number of nitrogens with one attached hydrogen (secondary N) is 1. The lowest BCUT2D eigenvalue weighted by Crippen LogP contribution is -2.29. The Hall–Kier alpha value is -3.66. The van der Waals surface area contributed by atoms with Gasteiger partial charge in [-0.15, -0.1) is 0 Å². The molecule has 32 heavy (non-hydrogen) atoms. The van der Waals surface area contributed by atoms with Crippen molar-refractivity contribution in [3.8, 4) is 17.4 Å². The largest absolute Gasteiger partial charge is 0.444 e. The highest BCUT2D eigenvalue weighted by atomic mass is 35.5. The van der Waals surface area contributed by atoms with Crippen LogP contribution in [0.3, 0.4) is 0 Å². The van der Waals surface area contributed by atoms with Gasteiger partial charge >= 0.3 is 0 Å². The van der Waals surface area contributed by atoms with E-state index in [0.29, 0.717) is 26.9 Å². The van der Waals surface area contributed by atoms with Crippen molar-refractivity contribution in [2.75, 3.05) is 0 Å². The molecule has 0 fully saturated rings. The quantitative estimate of drug-likeness (QED) is 0.381. The van der Waals surface area contributed by atoms with Crippen molar-refractivity contribution < 1.29 is 13.6 Å². The van der Waals surface area contributed by atoms with Crippen LogP contribution in [0.2, 0.25) is 10.0 Å². The molecule has 3 aromatic carbocycles. The van der Waals surface area contributed by atoms with Crippen molar-refractivity contribution in [3.05, 3.63) is 111 Å². The maximum absolute atomic E-state index is 14.1. The van der Waals surface area contributed by atoms with Crippen molar-refractivity contribution in [1.29, 1.82) is 5.26 Å². The van der Waals surface area contributed by atoms with Crippen LogP contribution in [0.4, 0.5) is 4.39 Å². The van der Waals surface area contributed by atoms with Gasteiger partial charge in [-0.05, 0) is 53.6 Å². The van der Waals surface area contributed by atoms with E-state index in [1.807, 2.05) is 0 Å². The maximum atomic E-state index is 14.1. The van der Waals surface area contributed by atoms with Gasteiger partial charge in [0.1, 0.15) is 11.9 Å². The first-order valence-corrected chi connectivity index (χ1v) is 10.2. The van der Waals surface area contributed by atoms with Crippen LogP contribution in [0.1, 0.15) is 33.1 Å². The molecule has 1 heterocycles. The van der Waals surface area contributed by atoms with Gasteiger partial charge in [-0.25, -0.2) is 9.37 Å². The van der Waals surface area contributed by atoms with Crippen LogP contribution < -0.4 is 5.32 Å². The fraction of sp³-hybridized carbons (Fsp3) is 0.0417. The number of halogens is 3. The standard InChI is InChI=1S/C24H14Cl2FN3O2/c25-17-5-3-14(4-6-17)23(30-24(31)15-1-2-16(11-28)21(27)9-15)19-8-7-18(26)10-20(19)22-12-29-13-32-22/h1-10,12-13,23H,(H,30,31). The molecule has 0 bridgehead atoms. The third kappa shape index (κ3) is 4.50. The second-order valence-electron chi connectivity index (χ2n) is 6.86. The van der Waals surface area contributed by atoms with Gasteiger partial charge in [0.2, 0.25) is 0 Å². The Bertz CT molecular complexity index is 1320. The van der Waals surface area contributed by atoms with Crippen molar-refractivity contribution in [1.82, 2.24) is 10.3 Å². The zero-order valence-corrected chi connectivity index (χ0v) is 17.9. The molecule has 0 aliphatic rings. The van der Waals surface area contributed by atoms with E-state index in [2.05, 4.69) is 10.3 Å². The number of rotatable bonds is 5. The SMILES string of the molecule is N#Cc1ccc(C(=O)NC(c2ccc(Cl)cc2)c2ccc(Cl)cc2-c2cnco2)cc1F. The van der Waals surface area contributed by atoms with Crippen LogP contribution in [0.5, 0.6) is 0 Å². The molecular weight excluding hydrogens is 452 g/mol. The molecule has 1 amide bonds. The first-order chi connectivity index (χ1) is 15.5. The molecule has 0 saturated heterocycles. The monoisotopic (exact) mass is 465 g/mol. The van der Waals surface area contributed by atoms with Crippen LogP contribution in [0.25, 0.3) is 11.3 Å². The summed E-state index contributed by atoms with van der Waals surface area (Å²) < 4.78 is 19.5. The Morgan fingerprint density at radius 2 is 1.81 bits per heavy atom. The van der Waals surface area contributed by atoms with Gasteiger partial charge in [-0.1, -0.05) is 41.4 Å². The van der Waals surface area contributed by atoms with Gasteiger partial charge in [0.15, 0.2) is 12.2 Å². The van der Waals surface area contributed by atoms with Gasteiger partial charge in [-0.3, -0.25) is 4.79 Å². The Kier molecular flexibility index (Phi) is 6.22. The van der Waals surface area contributed by atoms with Gasteiger partial charge in [0.25, 0.3) is 5.91 Å². The van der Waals surface area contributed by atoms with Crippen LogP contribution >= 0.6 is 23.2 Å². The van der Waals surface area contributed by atoms with Gasteiger partial charge in [0.05, 0.1) is 17.8 Å². The maximum Gasteiger partial charge on any atom is 0.252 e. The number of hydrogen-bond donors (Lipinski definition) is 1. The van der Waals surface area contributed by atoms with Crippen LogP contribution in [-0.2, 0) is 0 Å². The number of oxazole rings is 1. The molecule has 4 aromatic rings. The summed E-state index contributed by atoms with van der Waals surface area (Å²) in [6, 6.07) is 17.0. The van der Waals surface area contributed by atoms with Crippen LogP contribution in [-0.4, -0.2) is 10.9 Å². The van der Waals surface area contributed by atoms with Crippen molar-refractivity contribution in [3.63, 3.8) is 0 Å². The number of aromatic nitrogens is 1. The summed E-state index contributed by atoms with van der Waals surface area (Å²) in [6.07, 6.45) is 2.85. The van der Waals surface area contributed by atoms with E-state index < -0.39 is 17.8 Å². The third-order valence-corrected chi connectivity index (χ3v) is 5.34. The van der Waals surface area contributed by atoms with E-state index in [-0.39, 0.29) is 11.1 Å². The van der Waals surface area contributed by atoms with Crippen molar-refractivity contribution >= 4 is 29.1 Å². The topological polar surface area (TPSA) is 78.9 Å². The van der Waals surface area contributed by atoms with Crippen molar-refractivity contribution in [2.24, 2.45) is 0 Å². The number of carbonyl (C=O) groups excluding carboxylic acids is 1. The van der Waals surface area contributed by atoms with E-state index in [1.165, 1.54) is 18.5 Å². The molecule has 1 atom stereocenters. The Morgan fingerprint density at radius 1 is 1.06 bits per heavy atom. The first-order valence-electron chi connectivity index (χ1n) is 9.40. The van der Waals surface area contributed by atoms with E-state index in [1.54, 1.807) is 54.7 Å². The molecule has 158 valence electrons. The number of carbonyl (C=O) groups is 1. The van der Waals surface area contributed by atoms with E-state index in [0.717, 1.165) is 11.6 Å². The van der Waals surface area contributed by atoms with E-state index >= 15 is 0 Å². The summed E-state index contributed by atoms with van der Waals surface area (Å²) in [4.78, 5) is 17.0. The highest BCUT2D eigenvalue weighted by molar-refractivity contribution is 6.31. The number of nitriles is 1. The average molecular weight is 466 g/mol. The summed E-state index contributed by atoms with van der Waals surface area (Å²) in [7, 11) is 0. The lowest BCUT2D eigenvalue weighted by Gasteiger charge is -2.22. The van der Waals surface area contributed by atoms with E-state index in [4.69, 9.17) is 32.9 Å². The normalized spacial score (nSPS) is 11.6. The Balaban J connectivity index is 1.79. The fourth-order valence-corrected chi connectivity index (χ4v) is 3.60. The zero-order valence-electron chi connectivity index (χ0n) is 16.4. The molecule has 1 aromatic heterocycles. The molecular formula is C24H14Cl2FN3O2. The average Bonchev–Trinajstić information content (AvgIpc) is 3.33.